The molecule has 1 aliphatic heterocycles. The first-order valence-corrected chi connectivity index (χ1v) is 7.89. The predicted octanol–water partition coefficient (Wildman–Crippen LogP) is 3.55. The summed E-state index contributed by atoms with van der Waals surface area (Å²) in [6, 6.07) is 12.4. The van der Waals surface area contributed by atoms with Gasteiger partial charge in [-0.1, -0.05) is 24.3 Å². The minimum atomic E-state index is -0.244. The van der Waals surface area contributed by atoms with Crippen LogP contribution < -0.4 is 10.1 Å². The number of rotatable bonds is 4. The third-order valence-corrected chi connectivity index (χ3v) is 4.23. The molecule has 1 aliphatic rings. The average molecular weight is 336 g/mol. The van der Waals surface area contributed by atoms with Crippen LogP contribution in [0.3, 0.4) is 0 Å². The van der Waals surface area contributed by atoms with Crippen molar-refractivity contribution in [1.82, 2.24) is 4.90 Å². The Bertz CT molecular complexity index is 844. The van der Waals surface area contributed by atoms with E-state index >= 15 is 0 Å². The number of ether oxygens (including phenoxy) is 1. The van der Waals surface area contributed by atoms with Crippen LogP contribution in [0.15, 0.2) is 61.3 Å². The molecule has 1 amide bonds. The lowest BCUT2D eigenvalue weighted by atomic mass is 9.90. The van der Waals surface area contributed by atoms with Gasteiger partial charge in [0.05, 0.1) is 18.7 Å². The highest BCUT2D eigenvalue weighted by Crippen LogP contribution is 2.41. The lowest BCUT2D eigenvalue weighted by molar-refractivity contribution is -0.111. The number of anilines is 1. The van der Waals surface area contributed by atoms with Crippen LogP contribution in [0.4, 0.5) is 5.69 Å². The molecule has 128 valence electrons. The molecule has 25 heavy (non-hydrogen) atoms. The fourth-order valence-electron chi connectivity index (χ4n) is 2.99. The van der Waals surface area contributed by atoms with Crippen molar-refractivity contribution in [2.24, 2.45) is 0 Å². The Kier molecular flexibility index (Phi) is 4.48. The summed E-state index contributed by atoms with van der Waals surface area (Å²) in [6.07, 6.45) is 3.55. The molecule has 0 saturated carbocycles. The van der Waals surface area contributed by atoms with E-state index in [1.165, 1.54) is 7.11 Å². The zero-order valence-corrected chi connectivity index (χ0v) is 14.2. The van der Waals surface area contributed by atoms with Crippen molar-refractivity contribution < 1.29 is 14.6 Å². The minimum absolute atomic E-state index is 0.00738. The number of nitrogens with zero attached hydrogens (tertiary/aromatic N) is 1. The number of benzene rings is 2. The second-order valence-corrected chi connectivity index (χ2v) is 5.82. The lowest BCUT2D eigenvalue weighted by Gasteiger charge is -2.32. The number of hydrogen-bond donors (Lipinski definition) is 2. The molecule has 1 unspecified atom stereocenters. The Morgan fingerprint density at radius 3 is 2.68 bits per heavy atom. The zero-order chi connectivity index (χ0) is 18.0. The Morgan fingerprint density at radius 1 is 1.32 bits per heavy atom. The molecular formula is C20H20N2O3. The number of fused-ring (bicyclic) bond motifs is 1. The maximum atomic E-state index is 12.8. The molecule has 0 saturated heterocycles. The summed E-state index contributed by atoms with van der Waals surface area (Å²) in [6.45, 7) is 3.87. The standard InChI is InChI=1S/C20H20N2O3/c1-4-17-15-11-19(25-3)18(23)10-14(15)16(12-22(17)2)20(24)21-13-8-6-5-7-9-13/h4-12,17,23H,1H2,2-3H3,(H,21,24). The summed E-state index contributed by atoms with van der Waals surface area (Å²) in [5.74, 6) is 0.113. The summed E-state index contributed by atoms with van der Waals surface area (Å²) >= 11 is 0. The number of carbonyl (C=O) groups excluding carboxylic acids is 1. The van der Waals surface area contributed by atoms with Crippen molar-refractivity contribution in [1.29, 1.82) is 0 Å². The third-order valence-electron chi connectivity index (χ3n) is 4.23. The van der Waals surface area contributed by atoms with E-state index in [1.54, 1.807) is 24.4 Å². The highest BCUT2D eigenvalue weighted by Gasteiger charge is 2.28. The van der Waals surface area contributed by atoms with Gasteiger partial charge in [-0.3, -0.25) is 4.79 Å². The van der Waals surface area contributed by atoms with Gasteiger partial charge < -0.3 is 20.1 Å². The Morgan fingerprint density at radius 2 is 2.04 bits per heavy atom. The number of phenolic OH excluding ortho intramolecular Hbond substituents is 1. The Hall–Kier alpha value is -3.21. The van der Waals surface area contributed by atoms with Crippen LogP contribution in [0.1, 0.15) is 17.2 Å². The molecule has 0 bridgehead atoms. The molecule has 0 radical (unpaired) electrons. The molecule has 3 rings (SSSR count). The molecule has 2 N–H and O–H groups in total. The van der Waals surface area contributed by atoms with Crippen LogP contribution in [0.25, 0.3) is 5.57 Å². The van der Waals surface area contributed by atoms with Crippen LogP contribution in [0.5, 0.6) is 11.5 Å². The topological polar surface area (TPSA) is 61.8 Å². The first kappa shape index (κ1) is 16.6. The van der Waals surface area contributed by atoms with Gasteiger partial charge in [0, 0.05) is 18.9 Å². The SMILES string of the molecule is C=CC1c2cc(OC)c(O)cc2C(C(=O)Nc2ccccc2)=CN1C. The largest absolute Gasteiger partial charge is 0.504 e. The van der Waals surface area contributed by atoms with Crippen LogP contribution in [0.2, 0.25) is 0 Å². The monoisotopic (exact) mass is 336 g/mol. The van der Waals surface area contributed by atoms with E-state index in [4.69, 9.17) is 4.74 Å². The van der Waals surface area contributed by atoms with Crippen molar-refractivity contribution in [3.63, 3.8) is 0 Å². The molecule has 5 heteroatoms. The van der Waals surface area contributed by atoms with Crippen LogP contribution in [-0.4, -0.2) is 30.1 Å². The highest BCUT2D eigenvalue weighted by atomic mass is 16.5. The summed E-state index contributed by atoms with van der Waals surface area (Å²) in [5, 5.41) is 13.0. The number of methoxy groups -OCH3 is 1. The van der Waals surface area contributed by atoms with E-state index in [2.05, 4.69) is 11.9 Å². The number of para-hydroxylation sites is 1. The molecule has 5 nitrogen and oxygen atoms in total. The van der Waals surface area contributed by atoms with Crippen molar-refractivity contribution in [2.75, 3.05) is 19.5 Å². The molecule has 2 aromatic rings. The summed E-state index contributed by atoms with van der Waals surface area (Å²) in [5.41, 5.74) is 2.70. The van der Waals surface area contributed by atoms with E-state index in [-0.39, 0.29) is 17.7 Å². The number of hydrogen-bond acceptors (Lipinski definition) is 4. The summed E-state index contributed by atoms with van der Waals surface area (Å²) in [7, 11) is 3.38. The first-order chi connectivity index (χ1) is 12.0. The Balaban J connectivity index is 2.05. The van der Waals surface area contributed by atoms with E-state index < -0.39 is 0 Å². The first-order valence-electron chi connectivity index (χ1n) is 7.89. The highest BCUT2D eigenvalue weighted by molar-refractivity contribution is 6.25. The molecule has 2 aromatic carbocycles. The number of amides is 1. The van der Waals surface area contributed by atoms with Crippen LogP contribution in [-0.2, 0) is 4.79 Å². The van der Waals surface area contributed by atoms with Gasteiger partial charge in [0.25, 0.3) is 5.91 Å². The van der Waals surface area contributed by atoms with Gasteiger partial charge in [0.2, 0.25) is 0 Å². The lowest BCUT2D eigenvalue weighted by Crippen LogP contribution is -2.27. The molecule has 0 fully saturated rings. The maximum Gasteiger partial charge on any atom is 0.257 e. The van der Waals surface area contributed by atoms with E-state index in [1.807, 2.05) is 42.3 Å². The maximum absolute atomic E-state index is 12.8. The van der Waals surface area contributed by atoms with Crippen LogP contribution >= 0.6 is 0 Å². The smallest absolute Gasteiger partial charge is 0.257 e. The fourth-order valence-corrected chi connectivity index (χ4v) is 2.99. The van der Waals surface area contributed by atoms with E-state index in [9.17, 15) is 9.90 Å². The van der Waals surface area contributed by atoms with Gasteiger partial charge in [-0.15, -0.1) is 6.58 Å². The molecular weight excluding hydrogens is 316 g/mol. The van der Waals surface area contributed by atoms with Gasteiger partial charge in [-0.25, -0.2) is 0 Å². The van der Waals surface area contributed by atoms with Gasteiger partial charge in [0.15, 0.2) is 11.5 Å². The molecule has 0 aromatic heterocycles. The van der Waals surface area contributed by atoms with Crippen LogP contribution in [0, 0.1) is 0 Å². The minimum Gasteiger partial charge on any atom is -0.504 e. The number of carbonyl (C=O) groups is 1. The fraction of sp³-hybridized carbons (Fsp3) is 0.150. The number of likely N-dealkylation sites (N-methyl/N-ethyl adjacent to an activating group) is 1. The average Bonchev–Trinajstić information content (AvgIpc) is 2.61. The normalized spacial score (nSPS) is 15.8. The van der Waals surface area contributed by atoms with Gasteiger partial charge in [-0.05, 0) is 35.4 Å². The van der Waals surface area contributed by atoms with Gasteiger partial charge in [0.1, 0.15) is 0 Å². The Labute approximate surface area is 146 Å². The molecule has 0 aliphatic carbocycles. The van der Waals surface area contributed by atoms with E-state index in [0.717, 1.165) is 5.56 Å². The van der Waals surface area contributed by atoms with Crippen molar-refractivity contribution >= 4 is 17.2 Å². The van der Waals surface area contributed by atoms with Crippen molar-refractivity contribution in [3.8, 4) is 11.5 Å². The van der Waals surface area contributed by atoms with Gasteiger partial charge in [-0.2, -0.15) is 0 Å². The number of aromatic hydroxyl groups is 1. The number of nitrogens with one attached hydrogen (secondary N) is 1. The molecule has 0 spiro atoms. The second kappa shape index (κ2) is 6.73. The second-order valence-electron chi connectivity index (χ2n) is 5.82. The van der Waals surface area contributed by atoms with Crippen molar-refractivity contribution in [2.45, 2.75) is 6.04 Å². The summed E-state index contributed by atoms with van der Waals surface area (Å²) < 4.78 is 5.21. The third kappa shape index (κ3) is 3.08. The zero-order valence-electron chi connectivity index (χ0n) is 14.2. The van der Waals surface area contributed by atoms with Crippen molar-refractivity contribution in [3.05, 3.63) is 72.4 Å². The summed E-state index contributed by atoms with van der Waals surface area (Å²) in [4.78, 5) is 14.7. The molecule has 1 heterocycles. The number of phenols is 1. The quantitative estimate of drug-likeness (QED) is 0.838. The van der Waals surface area contributed by atoms with E-state index in [0.29, 0.717) is 22.6 Å². The molecule has 1 atom stereocenters. The predicted molar refractivity (Wildman–Crippen MR) is 98.4 cm³/mol. The van der Waals surface area contributed by atoms with Gasteiger partial charge >= 0.3 is 0 Å².